The molecule has 0 saturated carbocycles. The van der Waals surface area contributed by atoms with Gasteiger partial charge in [-0.05, 0) is 44.1 Å². The summed E-state index contributed by atoms with van der Waals surface area (Å²) < 4.78 is 6.66. The number of hydrogen-bond donors (Lipinski definition) is 1. The van der Waals surface area contributed by atoms with Crippen molar-refractivity contribution in [3.05, 3.63) is 34.3 Å². The smallest absolute Gasteiger partial charge is 0.419 e. The molecule has 6 heteroatoms. The van der Waals surface area contributed by atoms with Crippen molar-refractivity contribution in [1.82, 2.24) is 9.47 Å². The van der Waals surface area contributed by atoms with Crippen LogP contribution in [-0.4, -0.2) is 40.2 Å². The molecule has 106 valence electrons. The van der Waals surface area contributed by atoms with E-state index in [1.165, 1.54) is 35.6 Å². The van der Waals surface area contributed by atoms with Crippen molar-refractivity contribution in [2.24, 2.45) is 0 Å². The second-order valence-corrected chi connectivity index (χ2v) is 5.06. The van der Waals surface area contributed by atoms with Crippen LogP contribution in [0.15, 0.2) is 27.4 Å². The molecule has 3 rings (SSSR count). The van der Waals surface area contributed by atoms with Gasteiger partial charge in [0.25, 0.3) is 0 Å². The van der Waals surface area contributed by atoms with Gasteiger partial charge in [-0.3, -0.25) is 4.57 Å². The number of aromatic nitrogens is 1. The van der Waals surface area contributed by atoms with E-state index in [1.54, 1.807) is 0 Å². The Morgan fingerprint density at radius 1 is 1.25 bits per heavy atom. The highest BCUT2D eigenvalue weighted by Gasteiger charge is 2.15. The standard InChI is InChI=1S/C14H16N2O4/c17-13(18)10-3-4-12-11(9-10)16(14(19)20-12)8-7-15-5-1-2-6-15/h3-4,9H,1-2,5-8H2,(H,17,18). The van der Waals surface area contributed by atoms with E-state index in [2.05, 4.69) is 4.90 Å². The number of oxazole rings is 1. The van der Waals surface area contributed by atoms with E-state index < -0.39 is 11.7 Å². The van der Waals surface area contributed by atoms with Crippen molar-refractivity contribution in [1.29, 1.82) is 0 Å². The van der Waals surface area contributed by atoms with Gasteiger partial charge in [0.05, 0.1) is 11.1 Å². The zero-order valence-corrected chi connectivity index (χ0v) is 11.0. The van der Waals surface area contributed by atoms with E-state index >= 15 is 0 Å². The lowest BCUT2D eigenvalue weighted by molar-refractivity contribution is 0.0697. The topological polar surface area (TPSA) is 75.7 Å². The van der Waals surface area contributed by atoms with E-state index in [0.29, 0.717) is 17.6 Å². The molecule has 1 N–H and O–H groups in total. The Labute approximate surface area is 115 Å². The molecule has 0 radical (unpaired) electrons. The molecule has 0 atom stereocenters. The van der Waals surface area contributed by atoms with E-state index in [9.17, 15) is 9.59 Å². The normalized spacial score (nSPS) is 16.0. The minimum Gasteiger partial charge on any atom is -0.478 e. The molecular weight excluding hydrogens is 260 g/mol. The van der Waals surface area contributed by atoms with Gasteiger partial charge in [-0.2, -0.15) is 0 Å². The minimum absolute atomic E-state index is 0.160. The molecule has 0 unspecified atom stereocenters. The predicted molar refractivity (Wildman–Crippen MR) is 73.1 cm³/mol. The third-order valence-electron chi connectivity index (χ3n) is 3.75. The molecule has 0 spiro atoms. The summed E-state index contributed by atoms with van der Waals surface area (Å²) in [5.74, 6) is -1.44. The Hall–Kier alpha value is -2.08. The predicted octanol–water partition coefficient (Wildman–Crippen LogP) is 1.39. The fourth-order valence-electron chi connectivity index (χ4n) is 2.65. The molecule has 0 amide bonds. The second-order valence-electron chi connectivity index (χ2n) is 5.06. The number of fused-ring (bicyclic) bond motifs is 1. The zero-order valence-electron chi connectivity index (χ0n) is 11.0. The highest BCUT2D eigenvalue weighted by Crippen LogP contribution is 2.16. The molecule has 1 aliphatic rings. The van der Waals surface area contributed by atoms with Crippen molar-refractivity contribution in [3.63, 3.8) is 0 Å². The maximum absolute atomic E-state index is 11.9. The lowest BCUT2D eigenvalue weighted by Crippen LogP contribution is -2.27. The van der Waals surface area contributed by atoms with Crippen molar-refractivity contribution in [2.75, 3.05) is 19.6 Å². The first kappa shape index (κ1) is 12.9. The van der Waals surface area contributed by atoms with Crippen molar-refractivity contribution >= 4 is 17.1 Å². The summed E-state index contributed by atoms with van der Waals surface area (Å²) in [4.78, 5) is 25.2. The molecule has 20 heavy (non-hydrogen) atoms. The summed E-state index contributed by atoms with van der Waals surface area (Å²) in [5, 5.41) is 9.02. The largest absolute Gasteiger partial charge is 0.478 e. The molecule has 1 aromatic heterocycles. The SMILES string of the molecule is O=C(O)c1ccc2oc(=O)n(CCN3CCCC3)c2c1. The van der Waals surface area contributed by atoms with Crippen LogP contribution in [0.25, 0.3) is 11.1 Å². The van der Waals surface area contributed by atoms with Crippen LogP contribution in [0.4, 0.5) is 0 Å². The molecule has 1 aromatic carbocycles. The Morgan fingerprint density at radius 3 is 2.70 bits per heavy atom. The molecule has 2 heterocycles. The fraction of sp³-hybridized carbons (Fsp3) is 0.429. The van der Waals surface area contributed by atoms with Crippen LogP contribution in [0, 0.1) is 0 Å². The van der Waals surface area contributed by atoms with Crippen molar-refractivity contribution < 1.29 is 14.3 Å². The number of aromatic carboxylic acids is 1. The van der Waals surface area contributed by atoms with E-state index in [4.69, 9.17) is 9.52 Å². The van der Waals surface area contributed by atoms with Crippen LogP contribution in [0.2, 0.25) is 0 Å². The van der Waals surface area contributed by atoms with Gasteiger partial charge in [-0.1, -0.05) is 0 Å². The van der Waals surface area contributed by atoms with Gasteiger partial charge < -0.3 is 14.4 Å². The van der Waals surface area contributed by atoms with E-state index in [1.807, 2.05) is 0 Å². The number of carboxylic acids is 1. The van der Waals surface area contributed by atoms with Gasteiger partial charge in [0, 0.05) is 13.1 Å². The third kappa shape index (κ3) is 2.34. The molecule has 2 aromatic rings. The number of nitrogens with zero attached hydrogens (tertiary/aromatic N) is 2. The minimum atomic E-state index is -1.01. The molecule has 1 aliphatic heterocycles. The van der Waals surface area contributed by atoms with Crippen molar-refractivity contribution in [3.8, 4) is 0 Å². The number of benzene rings is 1. The summed E-state index contributed by atoms with van der Waals surface area (Å²) in [7, 11) is 0. The van der Waals surface area contributed by atoms with Gasteiger partial charge >= 0.3 is 11.7 Å². The first-order valence-corrected chi connectivity index (χ1v) is 6.74. The maximum Gasteiger partial charge on any atom is 0.419 e. The lowest BCUT2D eigenvalue weighted by atomic mass is 10.2. The zero-order chi connectivity index (χ0) is 14.1. The van der Waals surface area contributed by atoms with Crippen LogP contribution >= 0.6 is 0 Å². The van der Waals surface area contributed by atoms with Gasteiger partial charge in [0.2, 0.25) is 0 Å². The molecular formula is C14H16N2O4. The average Bonchev–Trinajstić information content (AvgIpc) is 3.02. The Morgan fingerprint density at radius 2 is 2.00 bits per heavy atom. The number of rotatable bonds is 4. The Bertz CT molecular complexity index is 695. The molecule has 6 nitrogen and oxygen atoms in total. The van der Waals surface area contributed by atoms with E-state index in [-0.39, 0.29) is 5.56 Å². The summed E-state index contributed by atoms with van der Waals surface area (Å²) in [6.07, 6.45) is 2.40. The van der Waals surface area contributed by atoms with Crippen LogP contribution in [0.1, 0.15) is 23.2 Å². The Kier molecular flexibility index (Phi) is 3.31. The van der Waals surface area contributed by atoms with Crippen LogP contribution in [0.5, 0.6) is 0 Å². The second kappa shape index (κ2) is 5.13. The van der Waals surface area contributed by atoms with Gasteiger partial charge in [-0.25, -0.2) is 9.59 Å². The number of carboxylic acid groups (broad SMARTS) is 1. The quantitative estimate of drug-likeness (QED) is 0.913. The average molecular weight is 276 g/mol. The molecule has 1 fully saturated rings. The first-order valence-electron chi connectivity index (χ1n) is 6.74. The number of carbonyl (C=O) groups is 1. The third-order valence-corrected chi connectivity index (χ3v) is 3.75. The Balaban J connectivity index is 1.91. The van der Waals surface area contributed by atoms with Crippen LogP contribution in [0.3, 0.4) is 0 Å². The highest BCUT2D eigenvalue weighted by atomic mass is 16.4. The number of likely N-dealkylation sites (tertiary alicyclic amines) is 1. The number of hydrogen-bond acceptors (Lipinski definition) is 4. The van der Waals surface area contributed by atoms with Gasteiger partial charge in [0.1, 0.15) is 0 Å². The van der Waals surface area contributed by atoms with Crippen LogP contribution < -0.4 is 5.76 Å². The molecule has 0 bridgehead atoms. The summed E-state index contributed by atoms with van der Waals surface area (Å²) in [6, 6.07) is 4.47. The van der Waals surface area contributed by atoms with Crippen molar-refractivity contribution in [2.45, 2.75) is 19.4 Å². The maximum atomic E-state index is 11.9. The van der Waals surface area contributed by atoms with Crippen LogP contribution in [-0.2, 0) is 6.54 Å². The van der Waals surface area contributed by atoms with E-state index in [0.717, 1.165) is 19.6 Å². The summed E-state index contributed by atoms with van der Waals surface area (Å²) in [5.41, 5.74) is 1.14. The first-order chi connectivity index (χ1) is 9.65. The summed E-state index contributed by atoms with van der Waals surface area (Å²) >= 11 is 0. The highest BCUT2D eigenvalue weighted by molar-refractivity contribution is 5.91. The monoisotopic (exact) mass is 276 g/mol. The fourth-order valence-corrected chi connectivity index (χ4v) is 2.65. The summed E-state index contributed by atoms with van der Waals surface area (Å²) in [6.45, 7) is 3.43. The molecule has 0 aliphatic carbocycles. The lowest BCUT2D eigenvalue weighted by Gasteiger charge is -2.14. The van der Waals surface area contributed by atoms with Gasteiger partial charge in [-0.15, -0.1) is 0 Å². The van der Waals surface area contributed by atoms with Gasteiger partial charge in [0.15, 0.2) is 5.58 Å². The molecule has 1 saturated heterocycles.